The second-order valence-electron chi connectivity index (χ2n) is 3.44. The predicted molar refractivity (Wildman–Crippen MR) is 57.4 cm³/mol. The van der Waals surface area contributed by atoms with Gasteiger partial charge in [0.15, 0.2) is 0 Å². The minimum Gasteiger partial charge on any atom is -0.493 e. The lowest BCUT2D eigenvalue weighted by Gasteiger charge is -2.06. The summed E-state index contributed by atoms with van der Waals surface area (Å²) in [5.74, 6) is -2.37. The van der Waals surface area contributed by atoms with E-state index in [4.69, 9.17) is 5.11 Å². The van der Waals surface area contributed by atoms with Crippen molar-refractivity contribution in [3.8, 4) is 11.8 Å². The lowest BCUT2D eigenvalue weighted by Crippen LogP contribution is -2.34. The number of halogens is 1. The van der Waals surface area contributed by atoms with Crippen LogP contribution >= 0.6 is 0 Å². The number of nitrogens with one attached hydrogen (secondary N) is 2. The van der Waals surface area contributed by atoms with Crippen LogP contribution in [0.15, 0.2) is 20.4 Å². The molecule has 0 aliphatic rings. The smallest absolute Gasteiger partial charge is 0.337 e. The Morgan fingerprint density at radius 3 is 2.61 bits per heavy atom. The summed E-state index contributed by atoms with van der Waals surface area (Å²) in [4.78, 5) is 41.0. The Bertz CT molecular complexity index is 788. The van der Waals surface area contributed by atoms with Crippen LogP contribution in [0, 0.1) is 12.9 Å². The van der Waals surface area contributed by atoms with Crippen molar-refractivity contribution in [2.24, 2.45) is 0 Å². The van der Waals surface area contributed by atoms with E-state index in [0.29, 0.717) is 4.57 Å². The van der Waals surface area contributed by atoms with Crippen LogP contribution in [0.3, 0.4) is 0 Å². The number of hydrogen-bond acceptors (Lipinski definition) is 5. The van der Waals surface area contributed by atoms with Gasteiger partial charge in [-0.3, -0.25) is 19.6 Å². The second kappa shape index (κ2) is 3.95. The molecule has 18 heavy (non-hydrogen) atoms. The highest BCUT2D eigenvalue weighted by Crippen LogP contribution is 2.05. The first-order valence-corrected chi connectivity index (χ1v) is 4.72. The van der Waals surface area contributed by atoms with Crippen LogP contribution in [-0.2, 0) is 0 Å². The summed E-state index contributed by atoms with van der Waals surface area (Å²) < 4.78 is 14.1. The number of hydrogen-bond donors (Lipinski definition) is 3. The van der Waals surface area contributed by atoms with Gasteiger partial charge in [-0.2, -0.15) is 9.37 Å². The third kappa shape index (κ3) is 1.81. The summed E-state index contributed by atoms with van der Waals surface area (Å²) in [5, 5.41) is 9.12. The van der Waals surface area contributed by atoms with E-state index in [1.807, 2.05) is 4.98 Å². The van der Waals surface area contributed by atoms with Crippen molar-refractivity contribution < 1.29 is 9.50 Å². The highest BCUT2D eigenvalue weighted by atomic mass is 19.1. The molecule has 2 rings (SSSR count). The number of H-pyrrole nitrogens is 2. The molecule has 0 bridgehead atoms. The van der Waals surface area contributed by atoms with Gasteiger partial charge in [-0.25, -0.2) is 9.36 Å². The molecule has 2 aromatic rings. The predicted octanol–water partition coefficient (Wildman–Crippen LogP) is -1.24. The molecule has 0 saturated heterocycles. The molecule has 0 fully saturated rings. The average Bonchev–Trinajstić information content (AvgIpc) is 2.24. The lowest BCUT2D eigenvalue weighted by atomic mass is 10.4. The van der Waals surface area contributed by atoms with Crippen LogP contribution in [0.4, 0.5) is 4.39 Å². The zero-order chi connectivity index (χ0) is 13.4. The summed E-state index contributed by atoms with van der Waals surface area (Å²) in [6, 6.07) is 0.755. The summed E-state index contributed by atoms with van der Waals surface area (Å²) in [5.41, 5.74) is -3.11. The highest BCUT2D eigenvalue weighted by molar-refractivity contribution is 5.19. The molecular formula is C9H7FN4O4. The summed E-state index contributed by atoms with van der Waals surface area (Å²) in [7, 11) is 0. The van der Waals surface area contributed by atoms with Gasteiger partial charge in [0.25, 0.3) is 11.1 Å². The van der Waals surface area contributed by atoms with E-state index in [1.165, 1.54) is 0 Å². The molecule has 0 spiro atoms. The molecule has 0 aliphatic heterocycles. The molecule has 2 aromatic heterocycles. The Morgan fingerprint density at radius 1 is 1.33 bits per heavy atom. The third-order valence-electron chi connectivity index (χ3n) is 2.20. The number of aromatic hydroxyl groups is 1. The normalized spacial score (nSPS) is 10.6. The Labute approximate surface area is 97.4 Å². The summed E-state index contributed by atoms with van der Waals surface area (Å²) >= 11 is 0. The first-order chi connectivity index (χ1) is 8.40. The molecule has 94 valence electrons. The molecule has 0 radical (unpaired) electrons. The Hall–Kier alpha value is -2.71. The SMILES string of the molecule is Cc1c(F)n(-c2nc(O)cc(=O)[nH]2)c(=O)[nH]c1=O. The number of aromatic amines is 2. The first-order valence-electron chi connectivity index (χ1n) is 4.72. The molecule has 3 N–H and O–H groups in total. The Balaban J connectivity index is 2.87. The molecule has 0 saturated carbocycles. The molecule has 0 unspecified atom stereocenters. The highest BCUT2D eigenvalue weighted by Gasteiger charge is 2.15. The Kier molecular flexibility index (Phi) is 2.58. The van der Waals surface area contributed by atoms with Gasteiger partial charge < -0.3 is 5.11 Å². The molecule has 2 heterocycles. The van der Waals surface area contributed by atoms with Crippen LogP contribution in [0.5, 0.6) is 5.88 Å². The van der Waals surface area contributed by atoms with Gasteiger partial charge in [0.1, 0.15) is 0 Å². The third-order valence-corrected chi connectivity index (χ3v) is 2.20. The van der Waals surface area contributed by atoms with E-state index in [1.54, 1.807) is 0 Å². The zero-order valence-corrected chi connectivity index (χ0v) is 9.02. The second-order valence-corrected chi connectivity index (χ2v) is 3.44. The molecular weight excluding hydrogens is 247 g/mol. The van der Waals surface area contributed by atoms with Gasteiger partial charge in [0.05, 0.1) is 11.6 Å². The standard InChI is InChI=1S/C9H7FN4O4/c1-3-6(10)14(9(18)13-7(3)17)8-11-4(15)2-5(16)12-8/h2H,1H3,(H,13,17,18)(H2,11,12,15,16). The van der Waals surface area contributed by atoms with E-state index in [2.05, 4.69) is 9.97 Å². The van der Waals surface area contributed by atoms with Crippen LogP contribution in [0.2, 0.25) is 0 Å². The maximum absolute atomic E-state index is 13.8. The number of rotatable bonds is 1. The molecule has 0 aliphatic carbocycles. The molecule has 0 atom stereocenters. The minimum atomic E-state index is -1.17. The largest absolute Gasteiger partial charge is 0.493 e. The van der Waals surface area contributed by atoms with Gasteiger partial charge in [-0.05, 0) is 6.92 Å². The van der Waals surface area contributed by atoms with Crippen molar-refractivity contribution in [1.29, 1.82) is 0 Å². The average molecular weight is 254 g/mol. The van der Waals surface area contributed by atoms with Gasteiger partial charge in [0.2, 0.25) is 17.8 Å². The van der Waals surface area contributed by atoms with Crippen molar-refractivity contribution in [2.45, 2.75) is 6.92 Å². The maximum atomic E-state index is 13.8. The monoisotopic (exact) mass is 254 g/mol. The fourth-order valence-corrected chi connectivity index (χ4v) is 1.32. The van der Waals surface area contributed by atoms with Crippen LogP contribution in [-0.4, -0.2) is 24.6 Å². The van der Waals surface area contributed by atoms with E-state index < -0.39 is 34.6 Å². The molecule has 0 amide bonds. The zero-order valence-electron chi connectivity index (χ0n) is 9.02. The number of nitrogens with zero attached hydrogens (tertiary/aromatic N) is 2. The van der Waals surface area contributed by atoms with Crippen molar-refractivity contribution >= 4 is 0 Å². The van der Waals surface area contributed by atoms with Crippen LogP contribution < -0.4 is 16.8 Å². The van der Waals surface area contributed by atoms with E-state index in [0.717, 1.165) is 13.0 Å². The quantitative estimate of drug-likeness (QED) is 0.550. The van der Waals surface area contributed by atoms with E-state index in [-0.39, 0.29) is 5.56 Å². The van der Waals surface area contributed by atoms with E-state index in [9.17, 15) is 18.8 Å². The van der Waals surface area contributed by atoms with Crippen molar-refractivity contribution in [3.05, 3.63) is 48.8 Å². The van der Waals surface area contributed by atoms with Crippen molar-refractivity contribution in [2.75, 3.05) is 0 Å². The van der Waals surface area contributed by atoms with Gasteiger partial charge in [0, 0.05) is 0 Å². The van der Waals surface area contributed by atoms with Crippen molar-refractivity contribution in [1.82, 2.24) is 19.5 Å². The summed E-state index contributed by atoms with van der Waals surface area (Å²) in [6.45, 7) is 1.16. The fraction of sp³-hybridized carbons (Fsp3) is 0.111. The van der Waals surface area contributed by atoms with Gasteiger partial charge in [-0.1, -0.05) is 0 Å². The molecule has 9 heteroatoms. The van der Waals surface area contributed by atoms with Gasteiger partial charge >= 0.3 is 5.69 Å². The van der Waals surface area contributed by atoms with Crippen molar-refractivity contribution in [3.63, 3.8) is 0 Å². The molecule has 0 aromatic carbocycles. The van der Waals surface area contributed by atoms with Gasteiger partial charge in [-0.15, -0.1) is 0 Å². The first kappa shape index (κ1) is 11.8. The van der Waals surface area contributed by atoms with Crippen LogP contribution in [0.25, 0.3) is 5.95 Å². The fourth-order valence-electron chi connectivity index (χ4n) is 1.32. The molecule has 8 nitrogen and oxygen atoms in total. The minimum absolute atomic E-state index is 0.345. The van der Waals surface area contributed by atoms with E-state index >= 15 is 0 Å². The Morgan fingerprint density at radius 2 is 2.00 bits per heavy atom. The lowest BCUT2D eigenvalue weighted by molar-refractivity contribution is 0.445. The summed E-state index contributed by atoms with van der Waals surface area (Å²) in [6.07, 6.45) is 0. The van der Waals surface area contributed by atoms with Crippen LogP contribution in [0.1, 0.15) is 5.56 Å². The topological polar surface area (TPSA) is 121 Å². The maximum Gasteiger partial charge on any atom is 0.337 e. The number of aromatic nitrogens is 4.